The van der Waals surface area contributed by atoms with Gasteiger partial charge in [-0.25, -0.2) is 0 Å². The Balaban J connectivity index is 1.58. The molecule has 3 heteroatoms. The zero-order chi connectivity index (χ0) is 24.2. The fourth-order valence-corrected chi connectivity index (χ4v) is 7.76. The minimum absolute atomic E-state index is 0.165. The van der Waals surface area contributed by atoms with Gasteiger partial charge in [-0.1, -0.05) is 65.8 Å². The summed E-state index contributed by atoms with van der Waals surface area (Å²) in [4.78, 5) is 11.5. The molecule has 0 heterocycles. The maximum atomic E-state index is 11.8. The zero-order valence-electron chi connectivity index (χ0n) is 22.0. The second-order valence-corrected chi connectivity index (χ2v) is 12.6. The van der Waals surface area contributed by atoms with Crippen molar-refractivity contribution in [3.63, 3.8) is 0 Å². The molecule has 0 aromatic heterocycles. The predicted octanol–water partition coefficient (Wildman–Crippen LogP) is 7.02. The molecule has 0 aromatic rings. The first kappa shape index (κ1) is 24.8. The highest BCUT2D eigenvalue weighted by molar-refractivity contribution is 5.66. The first-order valence-electron chi connectivity index (χ1n) is 13.4. The molecule has 4 aliphatic carbocycles. The molecule has 8 atom stereocenters. The Morgan fingerprint density at radius 3 is 2.48 bits per heavy atom. The lowest BCUT2D eigenvalue weighted by Crippen LogP contribution is -2.56. The van der Waals surface area contributed by atoms with E-state index in [0.717, 1.165) is 19.3 Å². The third kappa shape index (κ3) is 4.07. The van der Waals surface area contributed by atoms with Gasteiger partial charge in [-0.2, -0.15) is 0 Å². The summed E-state index contributed by atoms with van der Waals surface area (Å²) >= 11 is 0. The molecule has 184 valence electrons. The highest BCUT2D eigenvalue weighted by Gasteiger charge is 2.60. The molecule has 0 aromatic carbocycles. The molecule has 0 spiro atoms. The van der Waals surface area contributed by atoms with Crippen LogP contribution in [0.5, 0.6) is 0 Å². The van der Waals surface area contributed by atoms with E-state index in [1.54, 1.807) is 0 Å². The van der Waals surface area contributed by atoms with E-state index in [9.17, 15) is 9.90 Å². The molecule has 0 bridgehead atoms. The molecule has 2 saturated carbocycles. The van der Waals surface area contributed by atoms with Gasteiger partial charge in [0.15, 0.2) is 0 Å². The lowest BCUT2D eigenvalue weighted by molar-refractivity contribution is -0.163. The van der Waals surface area contributed by atoms with Crippen LogP contribution in [0.25, 0.3) is 0 Å². The SMILES string of the molecule is CC(=O)O[C@@H]1CC[C@]2(C)C3=CC[C@]4(C)[C@H](CC[C@@H]4[C@H](C)/C=C/[C@H](C)C(C)C)C3=CC[C@]2(O)C1. The van der Waals surface area contributed by atoms with E-state index >= 15 is 0 Å². The summed E-state index contributed by atoms with van der Waals surface area (Å²) in [5.74, 6) is 2.94. The Bertz CT molecular complexity index is 866. The summed E-state index contributed by atoms with van der Waals surface area (Å²) in [6.45, 7) is 15.6. The zero-order valence-corrected chi connectivity index (χ0v) is 22.0. The van der Waals surface area contributed by atoms with Crippen molar-refractivity contribution >= 4 is 5.97 Å². The van der Waals surface area contributed by atoms with Gasteiger partial charge in [-0.15, -0.1) is 0 Å². The third-order valence-electron chi connectivity index (χ3n) is 10.4. The van der Waals surface area contributed by atoms with Crippen LogP contribution in [0.1, 0.15) is 93.4 Å². The van der Waals surface area contributed by atoms with Crippen LogP contribution in [0.4, 0.5) is 0 Å². The molecule has 0 aliphatic heterocycles. The van der Waals surface area contributed by atoms with Gasteiger partial charge >= 0.3 is 5.97 Å². The number of carbonyl (C=O) groups is 1. The van der Waals surface area contributed by atoms with Gasteiger partial charge in [-0.05, 0) is 84.7 Å². The summed E-state index contributed by atoms with van der Waals surface area (Å²) in [6.07, 6.45) is 16.2. The number of carbonyl (C=O) groups excluding carboxylic acids is 1. The maximum absolute atomic E-state index is 11.8. The van der Waals surface area contributed by atoms with Gasteiger partial charge in [-0.3, -0.25) is 4.79 Å². The van der Waals surface area contributed by atoms with Crippen LogP contribution < -0.4 is 0 Å². The van der Waals surface area contributed by atoms with E-state index in [4.69, 9.17) is 4.74 Å². The van der Waals surface area contributed by atoms with Gasteiger partial charge in [0.05, 0.1) is 5.60 Å². The van der Waals surface area contributed by atoms with Crippen LogP contribution >= 0.6 is 0 Å². The number of hydrogen-bond donors (Lipinski definition) is 1. The summed E-state index contributed by atoms with van der Waals surface area (Å²) in [5.41, 5.74) is 2.15. The number of aliphatic hydroxyl groups is 1. The van der Waals surface area contributed by atoms with E-state index < -0.39 is 5.60 Å². The fraction of sp³-hybridized carbons (Fsp3) is 0.767. The molecular weight excluding hydrogens is 408 g/mol. The Kier molecular flexibility index (Phi) is 6.53. The van der Waals surface area contributed by atoms with Crippen LogP contribution in [-0.4, -0.2) is 22.8 Å². The van der Waals surface area contributed by atoms with Gasteiger partial charge in [0.2, 0.25) is 0 Å². The van der Waals surface area contributed by atoms with Gasteiger partial charge in [0, 0.05) is 18.8 Å². The summed E-state index contributed by atoms with van der Waals surface area (Å²) in [7, 11) is 0. The highest BCUT2D eigenvalue weighted by atomic mass is 16.5. The van der Waals surface area contributed by atoms with Crippen molar-refractivity contribution < 1.29 is 14.6 Å². The average molecular weight is 455 g/mol. The Morgan fingerprint density at radius 1 is 1.09 bits per heavy atom. The van der Waals surface area contributed by atoms with E-state index in [1.807, 2.05) is 0 Å². The van der Waals surface area contributed by atoms with E-state index in [0.29, 0.717) is 47.8 Å². The average Bonchev–Trinajstić information content (AvgIpc) is 3.09. The molecule has 2 fully saturated rings. The number of ether oxygens (including phenoxy) is 1. The van der Waals surface area contributed by atoms with Crippen molar-refractivity contribution in [3.05, 3.63) is 35.5 Å². The molecule has 0 amide bonds. The minimum Gasteiger partial charge on any atom is -0.462 e. The largest absolute Gasteiger partial charge is 0.462 e. The van der Waals surface area contributed by atoms with E-state index in [-0.39, 0.29) is 17.5 Å². The van der Waals surface area contributed by atoms with Crippen molar-refractivity contribution in [3.8, 4) is 0 Å². The molecule has 0 unspecified atom stereocenters. The molecule has 1 N–H and O–H groups in total. The van der Waals surface area contributed by atoms with Crippen molar-refractivity contribution in [1.82, 2.24) is 0 Å². The minimum atomic E-state index is -0.824. The van der Waals surface area contributed by atoms with Gasteiger partial charge in [0.25, 0.3) is 0 Å². The summed E-state index contributed by atoms with van der Waals surface area (Å²) in [5, 5.41) is 11.8. The normalized spacial score (nSPS) is 42.2. The Hall–Kier alpha value is -1.35. The number of esters is 1. The third-order valence-corrected chi connectivity index (χ3v) is 10.4. The molecule has 3 nitrogen and oxygen atoms in total. The Morgan fingerprint density at radius 2 is 1.82 bits per heavy atom. The summed E-state index contributed by atoms with van der Waals surface area (Å²) in [6, 6.07) is 0. The molecule has 0 saturated heterocycles. The highest BCUT2D eigenvalue weighted by Crippen LogP contribution is 2.65. The van der Waals surface area contributed by atoms with E-state index in [2.05, 4.69) is 65.8 Å². The number of fused-ring (bicyclic) bond motifs is 5. The number of allylic oxidation sites excluding steroid dienone is 4. The number of hydrogen-bond acceptors (Lipinski definition) is 3. The fourth-order valence-electron chi connectivity index (χ4n) is 7.76. The number of rotatable bonds is 5. The molecule has 33 heavy (non-hydrogen) atoms. The lowest BCUT2D eigenvalue weighted by Gasteiger charge is -2.57. The van der Waals surface area contributed by atoms with Crippen molar-refractivity contribution in [2.24, 2.45) is 40.4 Å². The molecule has 0 radical (unpaired) electrons. The predicted molar refractivity (Wildman–Crippen MR) is 134 cm³/mol. The van der Waals surface area contributed by atoms with Crippen LogP contribution in [0, 0.1) is 40.4 Å². The standard InChI is InChI=1S/C30H46O3/c1-19(2)20(3)8-9-21(4)25-10-11-26-24-13-17-30(32)18-23(33-22(5)31)12-16-29(30,7)27(24)14-15-28(25,26)6/h8-9,13-14,19-21,23,25-26,32H,10-12,15-18H2,1-7H3/b9-8+/t20-,21+,23+,25+,26+,28-,29+,30-/m0/s1. The first-order chi connectivity index (χ1) is 15.4. The topological polar surface area (TPSA) is 46.5 Å². The van der Waals surface area contributed by atoms with Gasteiger partial charge < -0.3 is 9.84 Å². The van der Waals surface area contributed by atoms with Gasteiger partial charge in [0.1, 0.15) is 6.10 Å². The van der Waals surface area contributed by atoms with Crippen molar-refractivity contribution in [2.75, 3.05) is 0 Å². The maximum Gasteiger partial charge on any atom is 0.302 e. The quantitative estimate of drug-likeness (QED) is 0.359. The van der Waals surface area contributed by atoms with Crippen molar-refractivity contribution in [2.45, 2.75) is 105 Å². The van der Waals surface area contributed by atoms with Crippen LogP contribution in [0.2, 0.25) is 0 Å². The lowest BCUT2D eigenvalue weighted by atomic mass is 9.50. The monoisotopic (exact) mass is 454 g/mol. The smallest absolute Gasteiger partial charge is 0.302 e. The Labute approximate surface area is 201 Å². The second kappa shape index (κ2) is 8.70. The first-order valence-corrected chi connectivity index (χ1v) is 13.4. The van der Waals surface area contributed by atoms with Crippen molar-refractivity contribution in [1.29, 1.82) is 0 Å². The van der Waals surface area contributed by atoms with E-state index in [1.165, 1.54) is 30.9 Å². The summed E-state index contributed by atoms with van der Waals surface area (Å²) < 4.78 is 5.52. The second-order valence-electron chi connectivity index (χ2n) is 12.6. The van der Waals surface area contributed by atoms with Crippen LogP contribution in [0.15, 0.2) is 35.5 Å². The van der Waals surface area contributed by atoms with Crippen LogP contribution in [-0.2, 0) is 9.53 Å². The van der Waals surface area contributed by atoms with Crippen LogP contribution in [0.3, 0.4) is 0 Å². The molecule has 4 aliphatic rings. The molecular formula is C30H46O3. The molecule has 4 rings (SSSR count).